The first-order valence-corrected chi connectivity index (χ1v) is 10.7. The Morgan fingerprint density at radius 2 is 1.57 bits per heavy atom. The highest BCUT2D eigenvalue weighted by molar-refractivity contribution is 7.40. The summed E-state index contributed by atoms with van der Waals surface area (Å²) in [6.07, 6.45) is 0. The lowest BCUT2D eigenvalue weighted by Gasteiger charge is -2.14. The summed E-state index contributed by atoms with van der Waals surface area (Å²) < 4.78 is 5.43. The molecule has 1 atom stereocenters. The molecule has 0 aliphatic carbocycles. The fraction of sp³-hybridized carbons (Fsp3) is 0.0385. The molecule has 4 heteroatoms. The van der Waals surface area contributed by atoms with E-state index in [2.05, 4.69) is 60.7 Å². The Balaban J connectivity index is 1.84. The van der Waals surface area contributed by atoms with Gasteiger partial charge in [0.25, 0.3) is 0 Å². The predicted octanol–water partition coefficient (Wildman–Crippen LogP) is 5.94. The summed E-state index contributed by atoms with van der Waals surface area (Å²) in [5, 5.41) is 3.41. The highest BCUT2D eigenvalue weighted by atomic mass is 31.1. The molecule has 0 bridgehead atoms. The summed E-state index contributed by atoms with van der Waals surface area (Å²) in [5.41, 5.74) is 5.97. The van der Waals surface area contributed by atoms with Crippen LogP contribution in [0.15, 0.2) is 91.0 Å². The molecule has 0 radical (unpaired) electrons. The van der Waals surface area contributed by atoms with Gasteiger partial charge in [-0.2, -0.15) is 0 Å². The lowest BCUT2D eigenvalue weighted by Crippen LogP contribution is -2.01. The second-order valence-electron chi connectivity index (χ2n) is 7.16. The largest absolute Gasteiger partial charge is 0.497 e. The van der Waals surface area contributed by atoms with Crippen molar-refractivity contribution in [2.45, 2.75) is 0 Å². The van der Waals surface area contributed by atoms with Crippen LogP contribution in [0.4, 0.5) is 0 Å². The van der Waals surface area contributed by atoms with Crippen LogP contribution in [0.1, 0.15) is 0 Å². The molecule has 5 aromatic rings. The monoisotopic (exact) mass is 409 g/mol. The highest BCUT2D eigenvalue weighted by Gasteiger charge is 2.13. The van der Waals surface area contributed by atoms with Crippen molar-refractivity contribution in [3.63, 3.8) is 0 Å². The maximum atomic E-state index is 9.67. The van der Waals surface area contributed by atoms with Gasteiger partial charge in [0, 0.05) is 10.9 Å². The molecule has 0 fully saturated rings. The Hall–Kier alpha value is -3.26. The number of rotatable bonds is 4. The van der Waals surface area contributed by atoms with Crippen molar-refractivity contribution in [1.82, 2.24) is 4.98 Å². The smallest absolute Gasteiger partial charge is 0.119 e. The third kappa shape index (κ3) is 3.33. The highest BCUT2D eigenvalue weighted by Crippen LogP contribution is 2.37. The Morgan fingerprint density at radius 1 is 0.733 bits per heavy atom. The number of hydrogen-bond acceptors (Lipinski definition) is 3. The first-order valence-electron chi connectivity index (χ1n) is 9.74. The number of aromatic nitrogens is 1. The summed E-state index contributed by atoms with van der Waals surface area (Å²) >= 11 is 0. The lowest BCUT2D eigenvalue weighted by molar-refractivity contribution is 0.415. The van der Waals surface area contributed by atoms with Crippen LogP contribution in [0.3, 0.4) is 0 Å². The first kappa shape index (κ1) is 18.7. The summed E-state index contributed by atoms with van der Waals surface area (Å²) in [7, 11) is 1.35. The molecule has 5 rings (SSSR count). The summed E-state index contributed by atoms with van der Waals surface area (Å²) in [4.78, 5) is 14.5. The van der Waals surface area contributed by atoms with Gasteiger partial charge in [-0.25, -0.2) is 4.98 Å². The molecule has 1 N–H and O–H groups in total. The molecule has 1 heterocycles. The molecule has 0 saturated carbocycles. The molecule has 0 amide bonds. The average Bonchev–Trinajstić information content (AvgIpc) is 2.82. The Labute approximate surface area is 176 Å². The van der Waals surface area contributed by atoms with Crippen molar-refractivity contribution in [1.29, 1.82) is 0 Å². The van der Waals surface area contributed by atoms with Crippen molar-refractivity contribution in [3.05, 3.63) is 91.0 Å². The van der Waals surface area contributed by atoms with E-state index in [4.69, 9.17) is 9.72 Å². The number of pyridine rings is 1. The summed E-state index contributed by atoms with van der Waals surface area (Å²) in [6, 6.07) is 31.1. The Kier molecular flexibility index (Phi) is 4.92. The molecule has 0 saturated heterocycles. The normalized spacial score (nSPS) is 11.5. The van der Waals surface area contributed by atoms with Crippen LogP contribution in [0.25, 0.3) is 43.9 Å². The quantitative estimate of drug-likeness (QED) is 0.374. The van der Waals surface area contributed by atoms with Crippen molar-refractivity contribution >= 4 is 35.9 Å². The van der Waals surface area contributed by atoms with Crippen LogP contribution < -0.4 is 10.2 Å². The number of benzene rings is 4. The van der Waals surface area contributed by atoms with E-state index in [0.29, 0.717) is 5.44 Å². The van der Waals surface area contributed by atoms with E-state index in [1.165, 1.54) is 10.8 Å². The molecular weight excluding hydrogens is 389 g/mol. The zero-order valence-corrected chi connectivity index (χ0v) is 17.5. The fourth-order valence-corrected chi connectivity index (χ4v) is 4.25. The van der Waals surface area contributed by atoms with Gasteiger partial charge >= 0.3 is 0 Å². The van der Waals surface area contributed by atoms with Crippen LogP contribution in [0.5, 0.6) is 5.75 Å². The van der Waals surface area contributed by atoms with Gasteiger partial charge in [-0.1, -0.05) is 60.7 Å². The minimum Gasteiger partial charge on any atom is -0.497 e. The van der Waals surface area contributed by atoms with Crippen LogP contribution in [0, 0.1) is 0 Å². The molecule has 3 nitrogen and oxygen atoms in total. The molecule has 0 spiro atoms. The summed E-state index contributed by atoms with van der Waals surface area (Å²) in [5.74, 6) is 0.828. The van der Waals surface area contributed by atoms with Gasteiger partial charge in [-0.05, 0) is 57.8 Å². The second-order valence-corrected chi connectivity index (χ2v) is 7.90. The van der Waals surface area contributed by atoms with Gasteiger partial charge in [0.05, 0.1) is 26.9 Å². The SMILES string of the molecule is COc1cccc(-c2cc(-c3cccc4ccccc34)c3nc(PO)ccc3c2)c1. The maximum absolute atomic E-state index is 9.67. The average molecular weight is 409 g/mol. The minimum absolute atomic E-state index is 0.331. The van der Waals surface area contributed by atoms with Crippen molar-refractivity contribution in [3.8, 4) is 28.0 Å². The minimum atomic E-state index is -0.331. The topological polar surface area (TPSA) is 42.4 Å². The third-order valence-electron chi connectivity index (χ3n) is 5.39. The predicted molar refractivity (Wildman–Crippen MR) is 127 cm³/mol. The third-order valence-corrected chi connectivity index (χ3v) is 5.90. The van der Waals surface area contributed by atoms with Gasteiger partial charge in [0.2, 0.25) is 0 Å². The van der Waals surface area contributed by atoms with E-state index in [0.717, 1.165) is 38.9 Å². The molecule has 1 unspecified atom stereocenters. The number of hydrogen-bond donors (Lipinski definition) is 1. The molecule has 4 aromatic carbocycles. The first-order chi connectivity index (χ1) is 14.8. The van der Waals surface area contributed by atoms with Crippen LogP contribution in [0.2, 0.25) is 0 Å². The maximum Gasteiger partial charge on any atom is 0.119 e. The van der Waals surface area contributed by atoms with E-state index in [-0.39, 0.29) is 8.81 Å². The number of nitrogens with zero attached hydrogens (tertiary/aromatic N) is 1. The standard InChI is InChI=1S/C26H20NO2P/c1-29-21-9-4-8-18(15-21)20-14-19-12-13-25(30-28)27-26(19)24(16-20)23-11-5-7-17-6-2-3-10-22(17)23/h2-16,28,30H,1H3. The molecule has 146 valence electrons. The van der Waals surface area contributed by atoms with Gasteiger partial charge in [0.1, 0.15) is 5.75 Å². The van der Waals surface area contributed by atoms with E-state index in [9.17, 15) is 4.89 Å². The van der Waals surface area contributed by atoms with E-state index < -0.39 is 0 Å². The molecule has 1 aromatic heterocycles. The van der Waals surface area contributed by atoms with Gasteiger partial charge in [-0.3, -0.25) is 0 Å². The van der Waals surface area contributed by atoms with Crippen LogP contribution in [-0.2, 0) is 0 Å². The summed E-state index contributed by atoms with van der Waals surface area (Å²) in [6.45, 7) is 0. The van der Waals surface area contributed by atoms with Gasteiger partial charge in [-0.15, -0.1) is 0 Å². The lowest BCUT2D eigenvalue weighted by atomic mass is 9.92. The van der Waals surface area contributed by atoms with Gasteiger partial charge in [0.15, 0.2) is 0 Å². The van der Waals surface area contributed by atoms with Crippen LogP contribution >= 0.6 is 8.81 Å². The van der Waals surface area contributed by atoms with E-state index in [1.807, 2.05) is 30.3 Å². The van der Waals surface area contributed by atoms with Crippen molar-refractivity contribution in [2.24, 2.45) is 0 Å². The zero-order chi connectivity index (χ0) is 20.5. The zero-order valence-electron chi connectivity index (χ0n) is 16.5. The molecule has 30 heavy (non-hydrogen) atoms. The molecule has 0 aliphatic heterocycles. The van der Waals surface area contributed by atoms with Gasteiger partial charge < -0.3 is 9.63 Å². The fourth-order valence-electron chi connectivity index (χ4n) is 3.93. The molecule has 0 aliphatic rings. The Bertz CT molecular complexity index is 1380. The van der Waals surface area contributed by atoms with Crippen LogP contribution in [-0.4, -0.2) is 17.0 Å². The number of fused-ring (bicyclic) bond motifs is 2. The van der Waals surface area contributed by atoms with E-state index in [1.54, 1.807) is 7.11 Å². The van der Waals surface area contributed by atoms with E-state index >= 15 is 0 Å². The molecular formula is C26H20NO2P. The van der Waals surface area contributed by atoms with Crippen molar-refractivity contribution in [2.75, 3.05) is 7.11 Å². The number of methoxy groups -OCH3 is 1. The van der Waals surface area contributed by atoms with Crippen molar-refractivity contribution < 1.29 is 9.63 Å². The second kappa shape index (κ2) is 7.87. The number of ether oxygens (including phenoxy) is 1. The Morgan fingerprint density at radius 3 is 2.43 bits per heavy atom.